The van der Waals surface area contributed by atoms with E-state index in [0.717, 1.165) is 6.42 Å². The summed E-state index contributed by atoms with van der Waals surface area (Å²) in [6, 6.07) is 1.58. The summed E-state index contributed by atoms with van der Waals surface area (Å²) in [6.45, 7) is 3.02. The van der Waals surface area contributed by atoms with Crippen molar-refractivity contribution in [3.63, 3.8) is 0 Å². The lowest BCUT2D eigenvalue weighted by Crippen LogP contribution is -2.28. The Labute approximate surface area is 128 Å². The predicted molar refractivity (Wildman–Crippen MR) is 83.2 cm³/mol. The minimum atomic E-state index is -3.52. The molecule has 1 fully saturated rings. The van der Waals surface area contributed by atoms with Crippen LogP contribution in [0.15, 0.2) is 21.6 Å². The third-order valence-corrected chi connectivity index (χ3v) is 5.43. The van der Waals surface area contributed by atoms with Gasteiger partial charge in [-0.15, -0.1) is 0 Å². The Balaban J connectivity index is 2.08. The molecule has 0 spiro atoms. The zero-order valence-electron chi connectivity index (χ0n) is 11.5. The summed E-state index contributed by atoms with van der Waals surface area (Å²) in [5.41, 5.74) is 0. The number of nitrogens with one attached hydrogen (secondary N) is 2. The second kappa shape index (κ2) is 6.87. The van der Waals surface area contributed by atoms with Crippen LogP contribution in [-0.4, -0.2) is 26.5 Å². The third kappa shape index (κ3) is 3.93. The Hall–Kier alpha value is -0.660. The number of nitrogens with zero attached hydrogens (tertiary/aromatic N) is 1. The van der Waals surface area contributed by atoms with Crippen LogP contribution in [0.25, 0.3) is 0 Å². The molecule has 7 heteroatoms. The number of anilines is 1. The SMILES string of the molecule is CCNc1ncc(Br)cc1S(=O)(=O)NCCC1CCC1. The molecule has 2 rings (SSSR count). The van der Waals surface area contributed by atoms with E-state index in [2.05, 4.69) is 31.0 Å². The molecular formula is C13H20BrN3O2S. The fraction of sp³-hybridized carbons (Fsp3) is 0.615. The number of hydrogen-bond donors (Lipinski definition) is 2. The zero-order chi connectivity index (χ0) is 14.6. The van der Waals surface area contributed by atoms with Crippen molar-refractivity contribution < 1.29 is 8.42 Å². The van der Waals surface area contributed by atoms with Gasteiger partial charge in [0, 0.05) is 23.8 Å². The summed E-state index contributed by atoms with van der Waals surface area (Å²) in [5, 5.41) is 2.98. The fourth-order valence-corrected chi connectivity index (χ4v) is 3.87. The average Bonchev–Trinajstić information content (AvgIpc) is 2.35. The predicted octanol–water partition coefficient (Wildman–Crippen LogP) is 2.74. The van der Waals surface area contributed by atoms with Crippen LogP contribution in [0.2, 0.25) is 0 Å². The molecule has 0 amide bonds. The number of halogens is 1. The highest BCUT2D eigenvalue weighted by Gasteiger charge is 2.22. The van der Waals surface area contributed by atoms with Crippen molar-refractivity contribution in [2.24, 2.45) is 5.92 Å². The lowest BCUT2D eigenvalue weighted by Gasteiger charge is -2.25. The lowest BCUT2D eigenvalue weighted by atomic mass is 9.83. The molecule has 0 aromatic carbocycles. The molecule has 1 aromatic rings. The molecule has 1 aliphatic carbocycles. The smallest absolute Gasteiger partial charge is 0.244 e. The second-order valence-electron chi connectivity index (χ2n) is 5.01. The Morgan fingerprint density at radius 2 is 2.20 bits per heavy atom. The molecule has 0 radical (unpaired) electrons. The molecule has 0 atom stereocenters. The van der Waals surface area contributed by atoms with Crippen molar-refractivity contribution in [3.05, 3.63) is 16.7 Å². The molecule has 1 aliphatic rings. The summed E-state index contributed by atoms with van der Waals surface area (Å²) in [4.78, 5) is 4.32. The molecule has 5 nitrogen and oxygen atoms in total. The lowest BCUT2D eigenvalue weighted by molar-refractivity contribution is 0.297. The number of pyridine rings is 1. The van der Waals surface area contributed by atoms with E-state index in [0.29, 0.717) is 29.3 Å². The molecule has 1 heterocycles. The Bertz CT molecular complexity index is 559. The van der Waals surface area contributed by atoms with Crippen LogP contribution in [0.4, 0.5) is 5.82 Å². The molecule has 0 aliphatic heterocycles. The van der Waals surface area contributed by atoms with Gasteiger partial charge < -0.3 is 5.32 Å². The van der Waals surface area contributed by atoms with Gasteiger partial charge in [0.25, 0.3) is 0 Å². The van der Waals surface area contributed by atoms with Gasteiger partial charge in [0.15, 0.2) is 0 Å². The first-order valence-electron chi connectivity index (χ1n) is 6.92. The highest BCUT2D eigenvalue weighted by Crippen LogP contribution is 2.29. The molecule has 0 unspecified atom stereocenters. The van der Waals surface area contributed by atoms with Gasteiger partial charge in [-0.05, 0) is 41.3 Å². The van der Waals surface area contributed by atoms with E-state index in [4.69, 9.17) is 0 Å². The van der Waals surface area contributed by atoms with Gasteiger partial charge in [0.1, 0.15) is 10.7 Å². The summed E-state index contributed by atoms with van der Waals surface area (Å²) in [6.07, 6.45) is 6.23. The Morgan fingerprint density at radius 3 is 2.80 bits per heavy atom. The monoisotopic (exact) mass is 361 g/mol. The van der Waals surface area contributed by atoms with Crippen LogP contribution < -0.4 is 10.0 Å². The van der Waals surface area contributed by atoms with Crippen molar-refractivity contribution in [2.75, 3.05) is 18.4 Å². The van der Waals surface area contributed by atoms with Crippen LogP contribution >= 0.6 is 15.9 Å². The maximum absolute atomic E-state index is 12.4. The van der Waals surface area contributed by atoms with E-state index < -0.39 is 10.0 Å². The van der Waals surface area contributed by atoms with E-state index in [1.807, 2.05) is 6.92 Å². The van der Waals surface area contributed by atoms with E-state index in [9.17, 15) is 8.42 Å². The molecule has 112 valence electrons. The van der Waals surface area contributed by atoms with Crippen molar-refractivity contribution in [2.45, 2.75) is 37.5 Å². The summed E-state index contributed by atoms with van der Waals surface area (Å²) in [5.74, 6) is 1.08. The van der Waals surface area contributed by atoms with Crippen molar-refractivity contribution in [3.8, 4) is 0 Å². The van der Waals surface area contributed by atoms with Crippen LogP contribution in [0.1, 0.15) is 32.6 Å². The first kappa shape index (κ1) is 15.7. The number of hydrogen-bond acceptors (Lipinski definition) is 4. The fourth-order valence-electron chi connectivity index (χ4n) is 2.18. The maximum Gasteiger partial charge on any atom is 0.244 e. The van der Waals surface area contributed by atoms with E-state index >= 15 is 0 Å². The minimum Gasteiger partial charge on any atom is -0.369 e. The molecule has 0 bridgehead atoms. The zero-order valence-corrected chi connectivity index (χ0v) is 13.9. The first-order valence-corrected chi connectivity index (χ1v) is 9.19. The highest BCUT2D eigenvalue weighted by molar-refractivity contribution is 9.10. The van der Waals surface area contributed by atoms with Crippen LogP contribution in [0, 0.1) is 5.92 Å². The summed E-state index contributed by atoms with van der Waals surface area (Å²) in [7, 11) is -3.52. The number of rotatable bonds is 7. The van der Waals surface area contributed by atoms with E-state index in [1.54, 1.807) is 12.3 Å². The molecule has 1 aromatic heterocycles. The minimum absolute atomic E-state index is 0.197. The molecule has 20 heavy (non-hydrogen) atoms. The van der Waals surface area contributed by atoms with Gasteiger partial charge in [0.05, 0.1) is 0 Å². The van der Waals surface area contributed by atoms with Crippen LogP contribution in [0.3, 0.4) is 0 Å². The van der Waals surface area contributed by atoms with E-state index in [-0.39, 0.29) is 4.90 Å². The first-order chi connectivity index (χ1) is 9.53. The second-order valence-corrected chi connectivity index (χ2v) is 7.67. The van der Waals surface area contributed by atoms with Crippen molar-refractivity contribution in [1.29, 1.82) is 0 Å². The Morgan fingerprint density at radius 1 is 1.45 bits per heavy atom. The summed E-state index contributed by atoms with van der Waals surface area (Å²) < 4.78 is 28.0. The third-order valence-electron chi connectivity index (χ3n) is 3.52. The van der Waals surface area contributed by atoms with Gasteiger partial charge >= 0.3 is 0 Å². The average molecular weight is 362 g/mol. The standard InChI is InChI=1S/C13H20BrN3O2S/c1-2-15-13-12(8-11(14)9-16-13)20(18,19)17-7-6-10-4-3-5-10/h8-10,17H,2-7H2,1H3,(H,15,16). The van der Waals surface area contributed by atoms with Gasteiger partial charge in [-0.3, -0.25) is 0 Å². The maximum atomic E-state index is 12.4. The molecule has 2 N–H and O–H groups in total. The van der Waals surface area contributed by atoms with E-state index in [1.165, 1.54) is 19.3 Å². The van der Waals surface area contributed by atoms with Crippen molar-refractivity contribution in [1.82, 2.24) is 9.71 Å². The van der Waals surface area contributed by atoms with Crippen molar-refractivity contribution >= 4 is 31.8 Å². The largest absolute Gasteiger partial charge is 0.369 e. The van der Waals surface area contributed by atoms with Crippen LogP contribution in [-0.2, 0) is 10.0 Å². The topological polar surface area (TPSA) is 71.1 Å². The van der Waals surface area contributed by atoms with Gasteiger partial charge in [-0.2, -0.15) is 0 Å². The number of aromatic nitrogens is 1. The van der Waals surface area contributed by atoms with Gasteiger partial charge in [-0.1, -0.05) is 19.3 Å². The van der Waals surface area contributed by atoms with Gasteiger partial charge in [-0.25, -0.2) is 18.1 Å². The van der Waals surface area contributed by atoms with Crippen LogP contribution in [0.5, 0.6) is 0 Å². The Kier molecular flexibility index (Phi) is 5.40. The quantitative estimate of drug-likeness (QED) is 0.783. The highest BCUT2D eigenvalue weighted by atomic mass is 79.9. The molecule has 1 saturated carbocycles. The normalized spacial score (nSPS) is 15.9. The van der Waals surface area contributed by atoms with Gasteiger partial charge in [0.2, 0.25) is 10.0 Å². The molecule has 0 saturated heterocycles. The number of sulfonamides is 1. The summed E-state index contributed by atoms with van der Waals surface area (Å²) >= 11 is 3.27. The molecular weight excluding hydrogens is 342 g/mol.